The molecule has 24 heavy (non-hydrogen) atoms. The lowest BCUT2D eigenvalue weighted by Gasteiger charge is -2.26. The number of rotatable bonds is 8. The summed E-state index contributed by atoms with van der Waals surface area (Å²) in [5, 5.41) is 13.3. The highest BCUT2D eigenvalue weighted by atomic mass is 16.4. The van der Waals surface area contributed by atoms with E-state index in [-0.39, 0.29) is 24.9 Å². The van der Waals surface area contributed by atoms with Crippen molar-refractivity contribution in [3.05, 3.63) is 48.3 Å². The van der Waals surface area contributed by atoms with Gasteiger partial charge in [0.15, 0.2) is 0 Å². The maximum Gasteiger partial charge on any atom is 0.323 e. The standard InChI is InChI=1S/C18H23N3O3/c1-3-14(2)20(13-18(23)24)17(22)10-9-15-11-19-21(12-15)16-7-5-4-6-8-16/h4-8,11-12,14H,3,9-10,13H2,1-2H3,(H,23,24). The number of para-hydroxylation sites is 1. The highest BCUT2D eigenvalue weighted by Gasteiger charge is 2.21. The Labute approximate surface area is 141 Å². The molecule has 1 N–H and O–H groups in total. The van der Waals surface area contributed by atoms with Gasteiger partial charge in [-0.15, -0.1) is 0 Å². The summed E-state index contributed by atoms with van der Waals surface area (Å²) in [4.78, 5) is 24.8. The van der Waals surface area contributed by atoms with Crippen LogP contribution >= 0.6 is 0 Å². The molecule has 2 rings (SSSR count). The van der Waals surface area contributed by atoms with E-state index in [0.717, 1.165) is 17.7 Å². The van der Waals surface area contributed by atoms with Crippen molar-refractivity contribution in [3.8, 4) is 5.69 Å². The van der Waals surface area contributed by atoms with E-state index in [0.29, 0.717) is 6.42 Å². The van der Waals surface area contributed by atoms with Crippen molar-refractivity contribution >= 4 is 11.9 Å². The van der Waals surface area contributed by atoms with Crippen LogP contribution in [-0.4, -0.2) is 44.3 Å². The number of aliphatic carboxylic acids is 1. The molecule has 1 aromatic heterocycles. The molecule has 6 heteroatoms. The van der Waals surface area contributed by atoms with E-state index in [1.54, 1.807) is 10.9 Å². The van der Waals surface area contributed by atoms with Crippen LogP contribution in [0.3, 0.4) is 0 Å². The van der Waals surface area contributed by atoms with Gasteiger partial charge in [-0.3, -0.25) is 9.59 Å². The van der Waals surface area contributed by atoms with Crippen molar-refractivity contribution in [3.63, 3.8) is 0 Å². The van der Waals surface area contributed by atoms with Gasteiger partial charge in [0.25, 0.3) is 0 Å². The number of aryl methyl sites for hydroxylation is 1. The molecule has 0 bridgehead atoms. The number of carboxylic acid groups (broad SMARTS) is 1. The number of carboxylic acids is 1. The maximum atomic E-state index is 12.4. The van der Waals surface area contributed by atoms with Gasteiger partial charge >= 0.3 is 5.97 Å². The molecular weight excluding hydrogens is 306 g/mol. The van der Waals surface area contributed by atoms with Gasteiger partial charge < -0.3 is 10.0 Å². The van der Waals surface area contributed by atoms with Crippen LogP contribution in [0.4, 0.5) is 0 Å². The van der Waals surface area contributed by atoms with E-state index in [4.69, 9.17) is 5.11 Å². The van der Waals surface area contributed by atoms with Crippen LogP contribution in [0.2, 0.25) is 0 Å². The molecule has 1 heterocycles. The first-order chi connectivity index (χ1) is 11.5. The van der Waals surface area contributed by atoms with Crippen LogP contribution in [-0.2, 0) is 16.0 Å². The van der Waals surface area contributed by atoms with Crippen molar-refractivity contribution in [2.24, 2.45) is 0 Å². The number of hydrogen-bond acceptors (Lipinski definition) is 3. The predicted molar refractivity (Wildman–Crippen MR) is 91.0 cm³/mol. The quantitative estimate of drug-likeness (QED) is 0.807. The molecule has 0 saturated heterocycles. The second-order valence-corrected chi connectivity index (χ2v) is 5.80. The van der Waals surface area contributed by atoms with Crippen LogP contribution in [0, 0.1) is 0 Å². The first-order valence-corrected chi connectivity index (χ1v) is 8.11. The minimum Gasteiger partial charge on any atom is -0.480 e. The van der Waals surface area contributed by atoms with Crippen molar-refractivity contribution in [2.75, 3.05) is 6.54 Å². The third-order valence-corrected chi connectivity index (χ3v) is 4.03. The molecule has 128 valence electrons. The number of carbonyl (C=O) groups is 2. The molecule has 6 nitrogen and oxygen atoms in total. The number of hydrogen-bond donors (Lipinski definition) is 1. The van der Waals surface area contributed by atoms with Crippen molar-refractivity contribution in [2.45, 2.75) is 39.2 Å². The summed E-state index contributed by atoms with van der Waals surface area (Å²) in [6, 6.07) is 9.66. The zero-order valence-corrected chi connectivity index (χ0v) is 14.1. The van der Waals surface area contributed by atoms with E-state index >= 15 is 0 Å². The molecule has 1 aromatic carbocycles. The number of benzene rings is 1. The lowest BCUT2D eigenvalue weighted by atomic mass is 10.1. The fourth-order valence-electron chi connectivity index (χ4n) is 2.46. The van der Waals surface area contributed by atoms with Gasteiger partial charge in [0.1, 0.15) is 6.54 Å². The van der Waals surface area contributed by atoms with Gasteiger partial charge in [0.2, 0.25) is 5.91 Å². The summed E-state index contributed by atoms with van der Waals surface area (Å²) >= 11 is 0. The minimum atomic E-state index is -0.986. The average Bonchev–Trinajstić information content (AvgIpc) is 3.06. The Morgan fingerprint density at radius 3 is 2.62 bits per heavy atom. The predicted octanol–water partition coefficient (Wildman–Crippen LogP) is 2.52. The Balaban J connectivity index is 1.98. The second kappa shape index (κ2) is 8.29. The largest absolute Gasteiger partial charge is 0.480 e. The van der Waals surface area contributed by atoms with E-state index in [2.05, 4.69) is 5.10 Å². The molecule has 2 aromatic rings. The van der Waals surface area contributed by atoms with E-state index < -0.39 is 5.97 Å². The van der Waals surface area contributed by atoms with Crippen LogP contribution in [0.15, 0.2) is 42.7 Å². The highest BCUT2D eigenvalue weighted by molar-refractivity contribution is 5.81. The fourth-order valence-corrected chi connectivity index (χ4v) is 2.46. The van der Waals surface area contributed by atoms with Crippen LogP contribution < -0.4 is 0 Å². The van der Waals surface area contributed by atoms with Crippen LogP contribution in [0.25, 0.3) is 5.69 Å². The van der Waals surface area contributed by atoms with E-state index in [1.165, 1.54) is 4.90 Å². The molecular formula is C18H23N3O3. The first kappa shape index (κ1) is 17.7. The zero-order valence-electron chi connectivity index (χ0n) is 14.1. The van der Waals surface area contributed by atoms with Gasteiger partial charge in [0, 0.05) is 18.7 Å². The normalized spacial score (nSPS) is 11.9. The summed E-state index contributed by atoms with van der Waals surface area (Å²) in [6.07, 6.45) is 5.18. The SMILES string of the molecule is CCC(C)N(CC(=O)O)C(=O)CCc1cnn(-c2ccccc2)c1. The molecule has 0 radical (unpaired) electrons. The molecule has 0 aliphatic carbocycles. The summed E-state index contributed by atoms with van der Waals surface area (Å²) in [5.74, 6) is -1.13. The smallest absolute Gasteiger partial charge is 0.323 e. The van der Waals surface area contributed by atoms with Crippen LogP contribution in [0.1, 0.15) is 32.3 Å². The van der Waals surface area contributed by atoms with Crippen molar-refractivity contribution < 1.29 is 14.7 Å². The minimum absolute atomic E-state index is 0.0827. The molecule has 0 fully saturated rings. The third-order valence-electron chi connectivity index (χ3n) is 4.03. The Bertz CT molecular complexity index is 682. The van der Waals surface area contributed by atoms with Gasteiger partial charge in [0.05, 0.1) is 11.9 Å². The molecule has 0 aliphatic rings. The molecule has 0 aliphatic heterocycles. The van der Waals surface area contributed by atoms with Gasteiger partial charge in [-0.05, 0) is 37.5 Å². The van der Waals surface area contributed by atoms with Crippen LogP contribution in [0.5, 0.6) is 0 Å². The fraction of sp³-hybridized carbons (Fsp3) is 0.389. The summed E-state index contributed by atoms with van der Waals surface area (Å²) < 4.78 is 1.77. The molecule has 0 spiro atoms. The first-order valence-electron chi connectivity index (χ1n) is 8.11. The molecule has 0 saturated carbocycles. The lowest BCUT2D eigenvalue weighted by Crippen LogP contribution is -2.41. The molecule has 1 amide bonds. The summed E-state index contributed by atoms with van der Waals surface area (Å²) in [5.41, 5.74) is 1.91. The molecule has 1 unspecified atom stereocenters. The zero-order chi connectivity index (χ0) is 17.5. The molecule has 1 atom stereocenters. The van der Waals surface area contributed by atoms with Crippen molar-refractivity contribution in [1.82, 2.24) is 14.7 Å². The highest BCUT2D eigenvalue weighted by Crippen LogP contribution is 2.11. The average molecular weight is 329 g/mol. The Morgan fingerprint density at radius 2 is 2.00 bits per heavy atom. The van der Waals surface area contributed by atoms with E-state index in [9.17, 15) is 9.59 Å². The van der Waals surface area contributed by atoms with Gasteiger partial charge in [-0.2, -0.15) is 5.10 Å². The van der Waals surface area contributed by atoms with Gasteiger partial charge in [-0.1, -0.05) is 25.1 Å². The topological polar surface area (TPSA) is 75.4 Å². The second-order valence-electron chi connectivity index (χ2n) is 5.80. The summed E-state index contributed by atoms with van der Waals surface area (Å²) in [6.45, 7) is 3.56. The Kier molecular flexibility index (Phi) is 6.12. The Morgan fingerprint density at radius 1 is 1.29 bits per heavy atom. The third kappa shape index (κ3) is 4.68. The number of carbonyl (C=O) groups excluding carboxylic acids is 1. The Hall–Kier alpha value is -2.63. The number of nitrogens with zero attached hydrogens (tertiary/aromatic N) is 3. The van der Waals surface area contributed by atoms with E-state index in [1.807, 2.05) is 50.4 Å². The van der Waals surface area contributed by atoms with Crippen molar-refractivity contribution in [1.29, 1.82) is 0 Å². The summed E-state index contributed by atoms with van der Waals surface area (Å²) in [7, 11) is 0. The maximum absolute atomic E-state index is 12.4. The number of amides is 1. The number of aromatic nitrogens is 2. The lowest BCUT2D eigenvalue weighted by molar-refractivity contribution is -0.146. The van der Waals surface area contributed by atoms with Gasteiger partial charge in [-0.25, -0.2) is 4.68 Å². The monoisotopic (exact) mass is 329 g/mol.